The highest BCUT2D eigenvalue weighted by atomic mass is 16.5. The molecule has 0 bridgehead atoms. The maximum absolute atomic E-state index is 5.73. The number of aromatic nitrogens is 3. The van der Waals surface area contributed by atoms with E-state index in [1.807, 2.05) is 59.3 Å². The van der Waals surface area contributed by atoms with Crippen LogP contribution >= 0.6 is 0 Å². The number of para-hydroxylation sites is 1. The van der Waals surface area contributed by atoms with Gasteiger partial charge in [-0.15, -0.1) is 5.10 Å². The van der Waals surface area contributed by atoms with Gasteiger partial charge in [0.25, 0.3) is 0 Å². The molecule has 2 aromatic carbocycles. The number of rotatable bonds is 7. The van der Waals surface area contributed by atoms with E-state index in [9.17, 15) is 0 Å². The Morgan fingerprint density at radius 2 is 1.74 bits per heavy atom. The quantitative estimate of drug-likeness (QED) is 0.537. The second kappa shape index (κ2) is 7.45. The van der Waals surface area contributed by atoms with E-state index in [0.717, 1.165) is 42.1 Å². The Bertz CT molecular complexity index is 722. The smallest absolute Gasteiger partial charge is 0.119 e. The molecule has 3 rings (SSSR count). The van der Waals surface area contributed by atoms with Gasteiger partial charge in [0.15, 0.2) is 0 Å². The number of nitrogen functional groups attached to an aromatic ring is 1. The molecule has 0 fully saturated rings. The first-order chi connectivity index (χ1) is 11.3. The van der Waals surface area contributed by atoms with Gasteiger partial charge >= 0.3 is 0 Å². The molecule has 0 amide bonds. The Morgan fingerprint density at radius 3 is 2.52 bits per heavy atom. The van der Waals surface area contributed by atoms with E-state index < -0.39 is 0 Å². The first-order valence-electron chi connectivity index (χ1n) is 7.75. The molecule has 3 aromatic rings. The number of ether oxygens (including phenoxy) is 1. The van der Waals surface area contributed by atoms with E-state index in [2.05, 4.69) is 10.3 Å². The van der Waals surface area contributed by atoms with E-state index >= 15 is 0 Å². The van der Waals surface area contributed by atoms with Gasteiger partial charge in [-0.3, -0.25) is 0 Å². The van der Waals surface area contributed by atoms with Crippen molar-refractivity contribution in [2.24, 2.45) is 0 Å². The van der Waals surface area contributed by atoms with Gasteiger partial charge in [-0.05, 0) is 37.1 Å². The van der Waals surface area contributed by atoms with Crippen molar-refractivity contribution >= 4 is 5.69 Å². The second-order valence-electron chi connectivity index (χ2n) is 5.33. The zero-order valence-corrected chi connectivity index (χ0v) is 12.9. The van der Waals surface area contributed by atoms with Gasteiger partial charge in [0.1, 0.15) is 5.75 Å². The highest BCUT2D eigenvalue weighted by Gasteiger charge is 2.06. The van der Waals surface area contributed by atoms with Crippen molar-refractivity contribution in [1.82, 2.24) is 15.0 Å². The summed E-state index contributed by atoms with van der Waals surface area (Å²) in [5, 5.41) is 8.18. The van der Waals surface area contributed by atoms with Crippen LogP contribution in [-0.4, -0.2) is 21.6 Å². The normalized spacial score (nSPS) is 10.6. The number of hydrogen-bond donors (Lipinski definition) is 1. The van der Waals surface area contributed by atoms with E-state index in [4.69, 9.17) is 10.5 Å². The standard InChI is InChI=1S/C18H20N4O/c19-16-10-8-15(9-11-16)18-14-20-21-22(18)12-4-5-13-23-17-6-2-1-3-7-17/h1-3,6-11,14H,4-5,12-13,19H2. The van der Waals surface area contributed by atoms with Crippen molar-refractivity contribution in [2.75, 3.05) is 12.3 Å². The maximum atomic E-state index is 5.73. The van der Waals surface area contributed by atoms with Gasteiger partial charge in [-0.2, -0.15) is 0 Å². The molecule has 0 radical (unpaired) electrons. The summed E-state index contributed by atoms with van der Waals surface area (Å²) in [7, 11) is 0. The Labute approximate surface area is 135 Å². The first-order valence-corrected chi connectivity index (χ1v) is 7.75. The fourth-order valence-electron chi connectivity index (χ4n) is 2.37. The van der Waals surface area contributed by atoms with Crippen LogP contribution in [-0.2, 0) is 6.54 Å². The molecule has 1 aromatic heterocycles. The highest BCUT2D eigenvalue weighted by Crippen LogP contribution is 2.19. The maximum Gasteiger partial charge on any atom is 0.119 e. The summed E-state index contributed by atoms with van der Waals surface area (Å²) in [6.07, 6.45) is 3.74. The monoisotopic (exact) mass is 308 g/mol. The second-order valence-corrected chi connectivity index (χ2v) is 5.33. The topological polar surface area (TPSA) is 66.0 Å². The summed E-state index contributed by atoms with van der Waals surface area (Å²) < 4.78 is 7.62. The van der Waals surface area contributed by atoms with E-state index in [0.29, 0.717) is 6.61 Å². The molecule has 0 saturated carbocycles. The molecular weight excluding hydrogens is 288 g/mol. The third-order valence-corrected chi connectivity index (χ3v) is 3.60. The minimum atomic E-state index is 0.704. The Morgan fingerprint density at radius 1 is 0.957 bits per heavy atom. The van der Waals surface area contributed by atoms with Gasteiger partial charge in [0.05, 0.1) is 18.5 Å². The average molecular weight is 308 g/mol. The molecule has 0 spiro atoms. The summed E-state index contributed by atoms with van der Waals surface area (Å²) in [6.45, 7) is 1.52. The van der Waals surface area contributed by atoms with Crippen molar-refractivity contribution in [3.05, 3.63) is 60.8 Å². The average Bonchev–Trinajstić information content (AvgIpc) is 3.05. The number of aryl methyl sites for hydroxylation is 1. The minimum absolute atomic E-state index is 0.704. The lowest BCUT2D eigenvalue weighted by Gasteiger charge is -2.08. The van der Waals surface area contributed by atoms with Gasteiger partial charge < -0.3 is 10.5 Å². The van der Waals surface area contributed by atoms with Crippen LogP contribution in [0.15, 0.2) is 60.8 Å². The molecule has 1 heterocycles. The van der Waals surface area contributed by atoms with Gasteiger partial charge in [0, 0.05) is 17.8 Å². The first kappa shape index (κ1) is 15.1. The number of nitrogens with two attached hydrogens (primary N) is 1. The molecule has 0 atom stereocenters. The van der Waals surface area contributed by atoms with E-state index in [1.54, 1.807) is 6.20 Å². The molecule has 5 heteroatoms. The molecule has 0 aliphatic heterocycles. The van der Waals surface area contributed by atoms with Gasteiger partial charge in [0.2, 0.25) is 0 Å². The summed E-state index contributed by atoms with van der Waals surface area (Å²) >= 11 is 0. The van der Waals surface area contributed by atoms with Crippen molar-refractivity contribution in [1.29, 1.82) is 0 Å². The number of benzene rings is 2. The zero-order chi connectivity index (χ0) is 15.9. The van der Waals surface area contributed by atoms with Gasteiger partial charge in [-0.25, -0.2) is 4.68 Å². The van der Waals surface area contributed by atoms with Crippen molar-refractivity contribution in [3.8, 4) is 17.0 Å². The largest absolute Gasteiger partial charge is 0.494 e. The summed E-state index contributed by atoms with van der Waals surface area (Å²) in [5.74, 6) is 0.913. The lowest BCUT2D eigenvalue weighted by atomic mass is 10.1. The third-order valence-electron chi connectivity index (χ3n) is 3.60. The van der Waals surface area contributed by atoms with Crippen LogP contribution in [0.5, 0.6) is 5.75 Å². The number of unbranched alkanes of at least 4 members (excludes halogenated alkanes) is 1. The predicted octanol–water partition coefficient (Wildman–Crippen LogP) is 3.39. The molecule has 0 aliphatic rings. The summed E-state index contributed by atoms with van der Waals surface area (Å²) in [4.78, 5) is 0. The Kier molecular flexibility index (Phi) is 4.88. The van der Waals surface area contributed by atoms with Crippen LogP contribution in [0.3, 0.4) is 0 Å². The molecule has 0 aliphatic carbocycles. The minimum Gasteiger partial charge on any atom is -0.494 e. The van der Waals surface area contributed by atoms with Gasteiger partial charge in [-0.1, -0.05) is 35.5 Å². The molecule has 2 N–H and O–H groups in total. The number of nitrogens with zero attached hydrogens (tertiary/aromatic N) is 3. The number of hydrogen-bond acceptors (Lipinski definition) is 4. The van der Waals surface area contributed by atoms with Crippen LogP contribution in [0, 0.1) is 0 Å². The van der Waals surface area contributed by atoms with Crippen molar-refractivity contribution in [3.63, 3.8) is 0 Å². The molecule has 118 valence electrons. The Hall–Kier alpha value is -2.82. The van der Waals surface area contributed by atoms with Crippen LogP contribution in [0.25, 0.3) is 11.3 Å². The third kappa shape index (κ3) is 4.10. The fourth-order valence-corrected chi connectivity index (χ4v) is 2.37. The summed E-state index contributed by atoms with van der Waals surface area (Å²) in [6, 6.07) is 17.6. The summed E-state index contributed by atoms with van der Waals surface area (Å²) in [5.41, 5.74) is 8.57. The van der Waals surface area contributed by atoms with Crippen LogP contribution in [0.4, 0.5) is 5.69 Å². The van der Waals surface area contributed by atoms with Crippen LogP contribution in [0.1, 0.15) is 12.8 Å². The van der Waals surface area contributed by atoms with E-state index in [1.165, 1.54) is 0 Å². The number of anilines is 1. The Balaban J connectivity index is 1.49. The predicted molar refractivity (Wildman–Crippen MR) is 91.0 cm³/mol. The lowest BCUT2D eigenvalue weighted by Crippen LogP contribution is -2.05. The SMILES string of the molecule is Nc1ccc(-c2cnnn2CCCCOc2ccccc2)cc1. The van der Waals surface area contributed by atoms with Crippen molar-refractivity contribution < 1.29 is 4.74 Å². The van der Waals surface area contributed by atoms with Crippen molar-refractivity contribution in [2.45, 2.75) is 19.4 Å². The lowest BCUT2D eigenvalue weighted by molar-refractivity contribution is 0.302. The fraction of sp³-hybridized carbons (Fsp3) is 0.222. The molecule has 23 heavy (non-hydrogen) atoms. The zero-order valence-electron chi connectivity index (χ0n) is 12.9. The van der Waals surface area contributed by atoms with E-state index in [-0.39, 0.29) is 0 Å². The van der Waals surface area contributed by atoms with Crippen LogP contribution in [0.2, 0.25) is 0 Å². The molecular formula is C18H20N4O. The molecule has 0 saturated heterocycles. The van der Waals surface area contributed by atoms with Crippen LogP contribution < -0.4 is 10.5 Å². The highest BCUT2D eigenvalue weighted by molar-refractivity contribution is 5.61. The molecule has 0 unspecified atom stereocenters. The molecule has 5 nitrogen and oxygen atoms in total.